The second-order valence-electron chi connectivity index (χ2n) is 3.42. The summed E-state index contributed by atoms with van der Waals surface area (Å²) in [5.74, 6) is -1.01. The molecule has 1 amide bonds. The number of hydrogen-bond donors (Lipinski definition) is 2. The Balaban J connectivity index is 2.18. The zero-order chi connectivity index (χ0) is 13.1. The van der Waals surface area contributed by atoms with Gasteiger partial charge in [-0.25, -0.2) is 4.39 Å². The third-order valence-corrected chi connectivity index (χ3v) is 2.33. The topological polar surface area (TPSA) is 80.9 Å². The van der Waals surface area contributed by atoms with Gasteiger partial charge in [0.2, 0.25) is 0 Å². The molecule has 0 aliphatic heterocycles. The maximum Gasteiger partial charge on any atom is 0.276 e. The molecule has 5 nitrogen and oxygen atoms in total. The second kappa shape index (κ2) is 4.97. The standard InChI is InChI=1S/C11H8ClFN4O/c12-6-1-2-8(7(13)5-6)15-11(18)9-3-4-10(14)17-16-9/h1-5H,(H2,14,17)(H,15,18). The van der Waals surface area contributed by atoms with Crippen LogP contribution in [-0.4, -0.2) is 16.1 Å². The van der Waals surface area contributed by atoms with Crippen molar-refractivity contribution in [3.05, 3.63) is 46.9 Å². The Morgan fingerprint density at radius 3 is 2.67 bits per heavy atom. The third kappa shape index (κ3) is 2.72. The molecular weight excluding hydrogens is 259 g/mol. The third-order valence-electron chi connectivity index (χ3n) is 2.10. The maximum atomic E-state index is 13.4. The summed E-state index contributed by atoms with van der Waals surface area (Å²) in [5, 5.41) is 9.72. The number of halogens is 2. The largest absolute Gasteiger partial charge is 0.382 e. The molecule has 0 spiro atoms. The molecule has 0 atom stereocenters. The first kappa shape index (κ1) is 12.3. The van der Waals surface area contributed by atoms with Gasteiger partial charge in [-0.15, -0.1) is 10.2 Å². The van der Waals surface area contributed by atoms with E-state index in [-0.39, 0.29) is 22.2 Å². The summed E-state index contributed by atoms with van der Waals surface area (Å²) in [6.07, 6.45) is 0. The fraction of sp³-hybridized carbons (Fsp3) is 0. The Bertz CT molecular complexity index is 588. The van der Waals surface area contributed by atoms with Crippen LogP contribution in [0.5, 0.6) is 0 Å². The van der Waals surface area contributed by atoms with Gasteiger partial charge in [0, 0.05) is 5.02 Å². The lowest BCUT2D eigenvalue weighted by Crippen LogP contribution is -2.15. The molecule has 0 bridgehead atoms. The van der Waals surface area contributed by atoms with E-state index < -0.39 is 11.7 Å². The molecule has 1 heterocycles. The summed E-state index contributed by atoms with van der Waals surface area (Å²) in [7, 11) is 0. The van der Waals surface area contributed by atoms with Crippen molar-refractivity contribution in [1.82, 2.24) is 10.2 Å². The van der Waals surface area contributed by atoms with Crippen molar-refractivity contribution >= 4 is 29.0 Å². The number of carbonyl (C=O) groups excluding carboxylic acids is 1. The number of benzene rings is 1. The lowest BCUT2D eigenvalue weighted by atomic mass is 10.3. The van der Waals surface area contributed by atoms with Gasteiger partial charge in [0.25, 0.3) is 5.91 Å². The van der Waals surface area contributed by atoms with E-state index in [0.29, 0.717) is 0 Å². The fourth-order valence-electron chi connectivity index (χ4n) is 1.24. The van der Waals surface area contributed by atoms with Gasteiger partial charge in [-0.2, -0.15) is 0 Å². The van der Waals surface area contributed by atoms with Crippen LogP contribution >= 0.6 is 11.6 Å². The van der Waals surface area contributed by atoms with Crippen molar-refractivity contribution in [2.45, 2.75) is 0 Å². The highest BCUT2D eigenvalue weighted by Crippen LogP contribution is 2.19. The predicted molar refractivity (Wildman–Crippen MR) is 65.8 cm³/mol. The number of nitrogen functional groups attached to an aromatic ring is 1. The number of nitrogens with zero attached hydrogens (tertiary/aromatic N) is 2. The maximum absolute atomic E-state index is 13.4. The van der Waals surface area contributed by atoms with E-state index in [1.807, 2.05) is 0 Å². The lowest BCUT2D eigenvalue weighted by Gasteiger charge is -2.05. The van der Waals surface area contributed by atoms with Crippen molar-refractivity contribution in [3.63, 3.8) is 0 Å². The second-order valence-corrected chi connectivity index (χ2v) is 3.86. The number of amides is 1. The first-order valence-corrected chi connectivity index (χ1v) is 5.29. The number of carbonyl (C=O) groups is 1. The van der Waals surface area contributed by atoms with Gasteiger partial charge in [-0.3, -0.25) is 4.79 Å². The zero-order valence-electron chi connectivity index (χ0n) is 9.02. The first-order chi connectivity index (χ1) is 8.56. The van der Waals surface area contributed by atoms with E-state index in [1.165, 1.54) is 24.3 Å². The molecule has 0 radical (unpaired) electrons. The molecule has 0 aliphatic rings. The number of hydrogen-bond acceptors (Lipinski definition) is 4. The molecular formula is C11H8ClFN4O. The molecule has 3 N–H and O–H groups in total. The Morgan fingerprint density at radius 2 is 2.06 bits per heavy atom. The summed E-state index contributed by atoms with van der Waals surface area (Å²) in [4.78, 5) is 11.7. The van der Waals surface area contributed by atoms with Gasteiger partial charge in [-0.1, -0.05) is 11.6 Å². The highest BCUT2D eigenvalue weighted by molar-refractivity contribution is 6.30. The van der Waals surface area contributed by atoms with E-state index in [9.17, 15) is 9.18 Å². The highest BCUT2D eigenvalue weighted by Gasteiger charge is 2.11. The summed E-state index contributed by atoms with van der Waals surface area (Å²) in [6.45, 7) is 0. The molecule has 18 heavy (non-hydrogen) atoms. The van der Waals surface area contributed by atoms with E-state index in [1.54, 1.807) is 0 Å². The van der Waals surface area contributed by atoms with E-state index >= 15 is 0 Å². The minimum Gasteiger partial charge on any atom is -0.382 e. The van der Waals surface area contributed by atoms with Crippen molar-refractivity contribution in [2.24, 2.45) is 0 Å². The summed E-state index contributed by atoms with van der Waals surface area (Å²) < 4.78 is 13.4. The summed E-state index contributed by atoms with van der Waals surface area (Å²) in [6, 6.07) is 6.76. The minimum atomic E-state index is -0.626. The molecule has 1 aromatic carbocycles. The highest BCUT2D eigenvalue weighted by atomic mass is 35.5. The Hall–Kier alpha value is -2.21. The minimum absolute atomic E-state index is 0.0167. The molecule has 92 valence electrons. The molecule has 0 fully saturated rings. The van der Waals surface area contributed by atoms with Crippen LogP contribution in [0.4, 0.5) is 15.9 Å². The summed E-state index contributed by atoms with van der Waals surface area (Å²) in [5.41, 5.74) is 5.40. The van der Waals surface area contributed by atoms with Crippen LogP contribution in [0.3, 0.4) is 0 Å². The molecule has 0 saturated carbocycles. The van der Waals surface area contributed by atoms with Crippen LogP contribution in [0.2, 0.25) is 5.02 Å². The van der Waals surface area contributed by atoms with E-state index in [0.717, 1.165) is 6.07 Å². The Morgan fingerprint density at radius 1 is 1.28 bits per heavy atom. The molecule has 1 aromatic heterocycles. The average Bonchev–Trinajstić information content (AvgIpc) is 2.33. The number of anilines is 2. The van der Waals surface area contributed by atoms with Crippen LogP contribution in [-0.2, 0) is 0 Å². The molecule has 2 aromatic rings. The van der Waals surface area contributed by atoms with Crippen LogP contribution in [0, 0.1) is 5.82 Å². The van der Waals surface area contributed by atoms with Crippen LogP contribution in [0.25, 0.3) is 0 Å². The average molecular weight is 267 g/mol. The van der Waals surface area contributed by atoms with Crippen molar-refractivity contribution in [3.8, 4) is 0 Å². The fourth-order valence-corrected chi connectivity index (χ4v) is 1.40. The molecule has 7 heteroatoms. The SMILES string of the molecule is Nc1ccc(C(=O)Nc2ccc(Cl)cc2F)nn1. The number of aromatic nitrogens is 2. The number of rotatable bonds is 2. The number of nitrogens with two attached hydrogens (primary N) is 1. The quantitative estimate of drug-likeness (QED) is 0.872. The van der Waals surface area contributed by atoms with Crippen LogP contribution in [0.15, 0.2) is 30.3 Å². The first-order valence-electron chi connectivity index (χ1n) is 4.92. The number of nitrogens with one attached hydrogen (secondary N) is 1. The summed E-state index contributed by atoms with van der Waals surface area (Å²) >= 11 is 5.60. The van der Waals surface area contributed by atoms with E-state index in [4.69, 9.17) is 17.3 Å². The lowest BCUT2D eigenvalue weighted by molar-refractivity contribution is 0.102. The van der Waals surface area contributed by atoms with Crippen LogP contribution in [0.1, 0.15) is 10.5 Å². The van der Waals surface area contributed by atoms with Gasteiger partial charge in [0.1, 0.15) is 11.6 Å². The monoisotopic (exact) mass is 266 g/mol. The molecule has 0 unspecified atom stereocenters. The molecule has 0 saturated heterocycles. The van der Waals surface area contributed by atoms with Gasteiger partial charge >= 0.3 is 0 Å². The Labute approximate surface area is 107 Å². The predicted octanol–water partition coefficient (Wildman–Crippen LogP) is 2.10. The van der Waals surface area contributed by atoms with Gasteiger partial charge in [0.15, 0.2) is 5.69 Å². The van der Waals surface area contributed by atoms with Crippen molar-refractivity contribution < 1.29 is 9.18 Å². The van der Waals surface area contributed by atoms with Crippen LogP contribution < -0.4 is 11.1 Å². The van der Waals surface area contributed by atoms with Crippen molar-refractivity contribution in [1.29, 1.82) is 0 Å². The van der Waals surface area contributed by atoms with Gasteiger partial charge < -0.3 is 11.1 Å². The Kier molecular flexibility index (Phi) is 3.38. The molecule has 0 aliphatic carbocycles. The van der Waals surface area contributed by atoms with Crippen molar-refractivity contribution in [2.75, 3.05) is 11.1 Å². The van der Waals surface area contributed by atoms with Gasteiger partial charge in [0.05, 0.1) is 5.69 Å². The van der Waals surface area contributed by atoms with Gasteiger partial charge in [-0.05, 0) is 30.3 Å². The molecule has 2 rings (SSSR count). The zero-order valence-corrected chi connectivity index (χ0v) is 9.78. The van der Waals surface area contributed by atoms with E-state index in [2.05, 4.69) is 15.5 Å². The smallest absolute Gasteiger partial charge is 0.276 e. The normalized spacial score (nSPS) is 10.1.